The van der Waals surface area contributed by atoms with E-state index in [0.29, 0.717) is 31.5 Å². The number of esters is 2. The summed E-state index contributed by atoms with van der Waals surface area (Å²) in [6.07, 6.45) is 28.6. The normalized spacial score (nSPS) is 19.8. The molecule has 6 nitrogen and oxygen atoms in total. The van der Waals surface area contributed by atoms with Crippen LogP contribution in [0.5, 0.6) is 0 Å². The Kier molecular flexibility index (Phi) is 21.4. The lowest BCUT2D eigenvalue weighted by Crippen LogP contribution is -2.38. The van der Waals surface area contributed by atoms with Crippen molar-refractivity contribution >= 4 is 11.9 Å². The van der Waals surface area contributed by atoms with Gasteiger partial charge in [-0.05, 0) is 89.6 Å². The van der Waals surface area contributed by atoms with Crippen molar-refractivity contribution in [1.29, 1.82) is 0 Å². The molecule has 0 unspecified atom stereocenters. The van der Waals surface area contributed by atoms with Crippen molar-refractivity contribution in [1.82, 2.24) is 4.90 Å². The highest BCUT2D eigenvalue weighted by Crippen LogP contribution is 2.50. The topological polar surface area (TPSA) is 76.1 Å². The molecular weight excluding hydrogens is 526 g/mol. The fraction of sp³-hybridized carbons (Fsp3) is 0.944. The molecule has 3 saturated carbocycles. The van der Waals surface area contributed by atoms with E-state index in [1.165, 1.54) is 89.9 Å². The van der Waals surface area contributed by atoms with Gasteiger partial charge in [-0.3, -0.25) is 9.59 Å². The largest absolute Gasteiger partial charge is 0.466 e. The van der Waals surface area contributed by atoms with E-state index in [2.05, 4.69) is 11.8 Å². The summed E-state index contributed by atoms with van der Waals surface area (Å²) in [6.45, 7) is 6.52. The molecule has 2 bridgehead atoms. The predicted molar refractivity (Wildman–Crippen MR) is 172 cm³/mol. The number of aliphatic hydroxyl groups is 1. The van der Waals surface area contributed by atoms with Gasteiger partial charge in [-0.25, -0.2) is 0 Å². The molecule has 3 fully saturated rings. The molecule has 0 spiro atoms. The Morgan fingerprint density at radius 2 is 1.12 bits per heavy atom. The first-order valence-corrected chi connectivity index (χ1v) is 18.2. The number of hydrogen-bond acceptors (Lipinski definition) is 6. The highest BCUT2D eigenvalue weighted by atomic mass is 16.5. The van der Waals surface area contributed by atoms with Crippen LogP contribution in [0.1, 0.15) is 167 Å². The van der Waals surface area contributed by atoms with Gasteiger partial charge in [0.15, 0.2) is 0 Å². The molecule has 0 radical (unpaired) electrons. The van der Waals surface area contributed by atoms with Gasteiger partial charge in [-0.15, -0.1) is 0 Å². The molecule has 3 aliphatic rings. The summed E-state index contributed by atoms with van der Waals surface area (Å²) in [6, 6.07) is 0. The molecule has 0 heterocycles. The Hall–Kier alpha value is -1.14. The molecule has 0 amide bonds. The van der Waals surface area contributed by atoms with Gasteiger partial charge in [0.2, 0.25) is 0 Å². The third-order valence-electron chi connectivity index (χ3n) is 9.93. The molecule has 42 heavy (non-hydrogen) atoms. The van der Waals surface area contributed by atoms with Crippen LogP contribution in [0.4, 0.5) is 0 Å². The smallest absolute Gasteiger partial charge is 0.305 e. The maximum absolute atomic E-state index is 12.2. The standard InChI is InChI=1S/C36H67NO5/c1-2-3-4-5-6-13-18-31-41-34(39)19-14-9-7-11-16-27-37(29-30-38)28-17-12-8-10-15-20-35(40)42-32-36-24-21-33(22-25-36)23-26-36/h33,38H,2-32H2,1H3. The third-order valence-corrected chi connectivity index (χ3v) is 9.93. The lowest BCUT2D eigenvalue weighted by Gasteiger charge is -2.46. The van der Waals surface area contributed by atoms with Crippen LogP contribution in [-0.2, 0) is 19.1 Å². The van der Waals surface area contributed by atoms with Gasteiger partial charge in [-0.2, -0.15) is 0 Å². The van der Waals surface area contributed by atoms with Crippen molar-refractivity contribution in [2.45, 2.75) is 167 Å². The van der Waals surface area contributed by atoms with Crippen molar-refractivity contribution < 1.29 is 24.2 Å². The van der Waals surface area contributed by atoms with Crippen LogP contribution < -0.4 is 0 Å². The predicted octanol–water partition coefficient (Wildman–Crippen LogP) is 8.77. The number of hydrogen-bond donors (Lipinski definition) is 1. The summed E-state index contributed by atoms with van der Waals surface area (Å²) in [7, 11) is 0. The minimum Gasteiger partial charge on any atom is -0.466 e. The maximum Gasteiger partial charge on any atom is 0.305 e. The van der Waals surface area contributed by atoms with E-state index in [1.54, 1.807) is 0 Å². The first-order chi connectivity index (χ1) is 20.6. The zero-order valence-electron chi connectivity index (χ0n) is 27.5. The summed E-state index contributed by atoms with van der Waals surface area (Å²) in [4.78, 5) is 26.5. The minimum absolute atomic E-state index is 0.00456. The van der Waals surface area contributed by atoms with Gasteiger partial charge < -0.3 is 19.5 Å². The molecule has 0 aromatic carbocycles. The van der Waals surface area contributed by atoms with Crippen LogP contribution in [0, 0.1) is 11.3 Å². The highest BCUT2D eigenvalue weighted by Gasteiger charge is 2.41. The zero-order chi connectivity index (χ0) is 30.1. The van der Waals surface area contributed by atoms with Gasteiger partial charge >= 0.3 is 11.9 Å². The third kappa shape index (κ3) is 17.9. The summed E-state index contributed by atoms with van der Waals surface area (Å²) in [5.74, 6) is 0.920. The molecule has 0 aromatic rings. The van der Waals surface area contributed by atoms with E-state index in [0.717, 1.165) is 83.3 Å². The Morgan fingerprint density at radius 3 is 1.67 bits per heavy atom. The fourth-order valence-corrected chi connectivity index (χ4v) is 6.93. The average molecular weight is 594 g/mol. The number of carbonyl (C=O) groups is 2. The number of ether oxygens (including phenoxy) is 2. The van der Waals surface area contributed by atoms with Gasteiger partial charge in [0.25, 0.3) is 0 Å². The molecule has 0 saturated heterocycles. The van der Waals surface area contributed by atoms with E-state index in [4.69, 9.17) is 9.47 Å². The van der Waals surface area contributed by atoms with Crippen LogP contribution in [0.2, 0.25) is 0 Å². The highest BCUT2D eigenvalue weighted by molar-refractivity contribution is 5.69. The number of nitrogens with zero attached hydrogens (tertiary/aromatic N) is 1. The van der Waals surface area contributed by atoms with Crippen LogP contribution in [0.3, 0.4) is 0 Å². The summed E-state index contributed by atoms with van der Waals surface area (Å²) in [5, 5.41) is 9.45. The molecule has 0 atom stereocenters. The summed E-state index contributed by atoms with van der Waals surface area (Å²) >= 11 is 0. The number of unbranched alkanes of at least 4 members (excludes halogenated alkanes) is 14. The van der Waals surface area contributed by atoms with E-state index in [1.807, 2.05) is 0 Å². The maximum atomic E-state index is 12.2. The Bertz CT molecular complexity index is 662. The molecule has 0 aromatic heterocycles. The van der Waals surface area contributed by atoms with Crippen LogP contribution in [0.25, 0.3) is 0 Å². The van der Waals surface area contributed by atoms with Crippen molar-refractivity contribution in [2.24, 2.45) is 11.3 Å². The van der Waals surface area contributed by atoms with Gasteiger partial charge in [0, 0.05) is 24.8 Å². The quantitative estimate of drug-likeness (QED) is 0.0722. The molecule has 246 valence electrons. The summed E-state index contributed by atoms with van der Waals surface area (Å²) < 4.78 is 11.1. The van der Waals surface area contributed by atoms with E-state index < -0.39 is 0 Å². The Labute approximate surface area is 259 Å². The number of aliphatic hydroxyl groups excluding tert-OH is 1. The van der Waals surface area contributed by atoms with Gasteiger partial charge in [-0.1, -0.05) is 84.0 Å². The lowest BCUT2D eigenvalue weighted by molar-refractivity contribution is -0.150. The van der Waals surface area contributed by atoms with Gasteiger partial charge in [0.05, 0.1) is 19.8 Å². The summed E-state index contributed by atoms with van der Waals surface area (Å²) in [5.41, 5.74) is 0.312. The molecule has 0 aliphatic heterocycles. The number of carbonyl (C=O) groups excluding carboxylic acids is 2. The van der Waals surface area contributed by atoms with Crippen molar-refractivity contribution in [3.63, 3.8) is 0 Å². The Morgan fingerprint density at radius 1 is 0.643 bits per heavy atom. The zero-order valence-corrected chi connectivity index (χ0v) is 27.5. The fourth-order valence-electron chi connectivity index (χ4n) is 6.93. The molecule has 3 aliphatic carbocycles. The monoisotopic (exact) mass is 594 g/mol. The van der Waals surface area contributed by atoms with Crippen molar-refractivity contribution in [3.8, 4) is 0 Å². The van der Waals surface area contributed by atoms with Crippen molar-refractivity contribution in [2.75, 3.05) is 39.5 Å². The van der Waals surface area contributed by atoms with Crippen LogP contribution >= 0.6 is 0 Å². The first kappa shape index (κ1) is 37.0. The minimum atomic E-state index is -0.0314. The van der Waals surface area contributed by atoms with E-state index >= 15 is 0 Å². The number of fused-ring (bicyclic) bond motifs is 3. The Balaban J connectivity index is 1.35. The SMILES string of the molecule is CCCCCCCCCOC(=O)CCCCCCCN(CCO)CCCCCCCC(=O)OCC12CCC(CC1)CC2. The molecule has 1 N–H and O–H groups in total. The number of rotatable bonds is 28. The van der Waals surface area contributed by atoms with Crippen molar-refractivity contribution in [3.05, 3.63) is 0 Å². The molecular formula is C36H67NO5. The van der Waals surface area contributed by atoms with Crippen LogP contribution in [0.15, 0.2) is 0 Å². The second kappa shape index (κ2) is 24.2. The van der Waals surface area contributed by atoms with Crippen LogP contribution in [-0.4, -0.2) is 61.4 Å². The molecule has 6 heteroatoms. The lowest BCUT2D eigenvalue weighted by atomic mass is 9.61. The van der Waals surface area contributed by atoms with Gasteiger partial charge in [0.1, 0.15) is 0 Å². The second-order valence-corrected chi connectivity index (χ2v) is 13.6. The van der Waals surface area contributed by atoms with E-state index in [-0.39, 0.29) is 18.5 Å². The average Bonchev–Trinajstić information content (AvgIpc) is 3.01. The first-order valence-electron chi connectivity index (χ1n) is 18.2. The molecule has 3 rings (SSSR count). The van der Waals surface area contributed by atoms with E-state index in [9.17, 15) is 14.7 Å². The second-order valence-electron chi connectivity index (χ2n) is 13.6.